The summed E-state index contributed by atoms with van der Waals surface area (Å²) in [4.78, 5) is 38.1. The van der Waals surface area contributed by atoms with Gasteiger partial charge in [-0.2, -0.15) is 0 Å². The van der Waals surface area contributed by atoms with Gasteiger partial charge in [-0.3, -0.25) is 14.4 Å². The Morgan fingerprint density at radius 2 is 0.563 bits per heavy atom. The summed E-state index contributed by atoms with van der Waals surface area (Å²) in [5, 5.41) is 0. The molecule has 0 aromatic rings. The number of hydrogen-bond acceptors (Lipinski definition) is 6. The molecule has 404 valence electrons. The number of carbonyl (C=O) groups is 3. The standard InChI is InChI=1S/C65H108O6/c1-4-7-10-13-16-19-22-24-25-26-27-28-29-30-31-32-33-34-35-36-37-38-39-41-43-46-49-52-55-58-64(67)70-61-62(60-69-63(66)57-54-51-48-45-42-21-18-15-12-9-6-3)71-65(68)59-56-53-50-47-44-40-23-20-17-14-11-8-5-2/h7,10,15-16,18-20,23-25,27-28,30-31,33-34,36-37,62H,4-6,8-9,11-14,17,21-22,26,29,32,35,38-61H2,1-3H3/b10-7-,18-15-,19-16-,23-20-,25-24-,28-27-,31-30-,34-33-,37-36-. The topological polar surface area (TPSA) is 78.9 Å². The first kappa shape index (κ1) is 67.1. The maximum Gasteiger partial charge on any atom is 0.306 e. The molecular formula is C65H108O6. The van der Waals surface area contributed by atoms with E-state index in [2.05, 4.69) is 130 Å². The van der Waals surface area contributed by atoms with Gasteiger partial charge in [-0.05, 0) is 122 Å². The normalized spacial score (nSPS) is 12.9. The van der Waals surface area contributed by atoms with Crippen molar-refractivity contribution in [1.82, 2.24) is 0 Å². The number of unbranched alkanes of at least 4 members (excludes halogenated alkanes) is 23. The molecule has 0 amide bonds. The van der Waals surface area contributed by atoms with Crippen molar-refractivity contribution >= 4 is 17.9 Å². The SMILES string of the molecule is CC/C=C\C/C=C\C/C=C\C/C=C\C/C=C\C/C=C\C/C=C\CCCCCCCCCC(=O)OCC(COC(=O)CCCCCCC/C=C\CCCC)OC(=O)CCCCCCC/C=C\CCCCCC. The van der Waals surface area contributed by atoms with Crippen molar-refractivity contribution in [3.8, 4) is 0 Å². The zero-order chi connectivity index (χ0) is 51.4. The number of esters is 3. The van der Waals surface area contributed by atoms with Crippen molar-refractivity contribution in [3.63, 3.8) is 0 Å². The van der Waals surface area contributed by atoms with E-state index in [1.807, 2.05) is 0 Å². The summed E-state index contributed by atoms with van der Waals surface area (Å²) in [5.74, 6) is -0.919. The molecule has 0 fully saturated rings. The van der Waals surface area contributed by atoms with Crippen LogP contribution in [0.25, 0.3) is 0 Å². The molecule has 0 spiro atoms. The van der Waals surface area contributed by atoms with Crippen LogP contribution in [-0.2, 0) is 28.6 Å². The molecule has 0 N–H and O–H groups in total. The Balaban J connectivity index is 4.28. The van der Waals surface area contributed by atoms with E-state index in [1.165, 1.54) is 96.3 Å². The van der Waals surface area contributed by atoms with Gasteiger partial charge >= 0.3 is 17.9 Å². The molecule has 0 radical (unpaired) electrons. The molecule has 0 saturated carbocycles. The van der Waals surface area contributed by atoms with Crippen LogP contribution in [0.15, 0.2) is 109 Å². The molecule has 0 aliphatic heterocycles. The molecule has 0 saturated heterocycles. The third-order valence-corrected chi connectivity index (χ3v) is 12.2. The predicted molar refractivity (Wildman–Crippen MR) is 307 cm³/mol. The maximum absolute atomic E-state index is 12.8. The van der Waals surface area contributed by atoms with Gasteiger partial charge in [-0.1, -0.05) is 233 Å². The van der Waals surface area contributed by atoms with Crippen molar-refractivity contribution in [2.24, 2.45) is 0 Å². The lowest BCUT2D eigenvalue weighted by atomic mass is 10.1. The Hall–Kier alpha value is -3.93. The Morgan fingerprint density at radius 3 is 0.915 bits per heavy atom. The Kier molecular flexibility index (Phi) is 55.4. The van der Waals surface area contributed by atoms with Gasteiger partial charge in [0.25, 0.3) is 0 Å². The van der Waals surface area contributed by atoms with Crippen LogP contribution in [-0.4, -0.2) is 37.2 Å². The van der Waals surface area contributed by atoms with Crippen molar-refractivity contribution in [2.75, 3.05) is 13.2 Å². The second-order valence-electron chi connectivity index (χ2n) is 19.2. The van der Waals surface area contributed by atoms with Crippen LogP contribution < -0.4 is 0 Å². The van der Waals surface area contributed by atoms with E-state index in [1.54, 1.807) is 0 Å². The van der Waals surface area contributed by atoms with Gasteiger partial charge < -0.3 is 14.2 Å². The van der Waals surface area contributed by atoms with Gasteiger partial charge in [-0.25, -0.2) is 0 Å². The number of allylic oxidation sites excluding steroid dienone is 18. The average molecular weight is 986 g/mol. The lowest BCUT2D eigenvalue weighted by molar-refractivity contribution is -0.167. The molecule has 0 rings (SSSR count). The summed E-state index contributed by atoms with van der Waals surface area (Å²) in [5.41, 5.74) is 0. The van der Waals surface area contributed by atoms with E-state index in [0.29, 0.717) is 19.3 Å². The van der Waals surface area contributed by atoms with Crippen LogP contribution in [0.1, 0.15) is 265 Å². The third-order valence-electron chi connectivity index (χ3n) is 12.2. The Bertz CT molecular complexity index is 1460. The molecule has 0 aliphatic rings. The van der Waals surface area contributed by atoms with E-state index in [-0.39, 0.29) is 31.1 Å². The molecule has 0 aromatic heterocycles. The monoisotopic (exact) mass is 985 g/mol. The van der Waals surface area contributed by atoms with Crippen molar-refractivity contribution in [3.05, 3.63) is 109 Å². The zero-order valence-electron chi connectivity index (χ0n) is 46.2. The van der Waals surface area contributed by atoms with Crippen LogP contribution in [0.5, 0.6) is 0 Å². The molecule has 0 aliphatic carbocycles. The highest BCUT2D eigenvalue weighted by Gasteiger charge is 2.19. The molecule has 1 unspecified atom stereocenters. The molecule has 0 heterocycles. The van der Waals surface area contributed by atoms with Crippen LogP contribution in [0.4, 0.5) is 0 Å². The summed E-state index contributed by atoms with van der Waals surface area (Å²) in [6, 6.07) is 0. The molecular weight excluding hydrogens is 877 g/mol. The van der Waals surface area contributed by atoms with Gasteiger partial charge in [0.05, 0.1) is 0 Å². The largest absolute Gasteiger partial charge is 0.462 e. The number of ether oxygens (including phenoxy) is 3. The van der Waals surface area contributed by atoms with E-state index in [4.69, 9.17) is 14.2 Å². The van der Waals surface area contributed by atoms with Crippen LogP contribution >= 0.6 is 0 Å². The summed E-state index contributed by atoms with van der Waals surface area (Å²) < 4.78 is 16.8. The molecule has 71 heavy (non-hydrogen) atoms. The molecule has 1 atom stereocenters. The number of rotatable bonds is 52. The lowest BCUT2D eigenvalue weighted by Crippen LogP contribution is -2.30. The molecule has 6 heteroatoms. The maximum atomic E-state index is 12.8. The fourth-order valence-electron chi connectivity index (χ4n) is 7.81. The number of carbonyl (C=O) groups excluding carboxylic acids is 3. The first-order valence-corrected chi connectivity index (χ1v) is 29.4. The van der Waals surface area contributed by atoms with Gasteiger partial charge in [-0.15, -0.1) is 0 Å². The summed E-state index contributed by atoms with van der Waals surface area (Å²) in [6.45, 7) is 6.45. The minimum atomic E-state index is -0.791. The Labute approximate surface area is 438 Å². The van der Waals surface area contributed by atoms with E-state index < -0.39 is 6.10 Å². The average Bonchev–Trinajstić information content (AvgIpc) is 3.37. The van der Waals surface area contributed by atoms with E-state index in [9.17, 15) is 14.4 Å². The van der Waals surface area contributed by atoms with Crippen molar-refractivity contribution in [1.29, 1.82) is 0 Å². The van der Waals surface area contributed by atoms with Crippen molar-refractivity contribution in [2.45, 2.75) is 271 Å². The minimum absolute atomic E-state index is 0.0897. The first-order chi connectivity index (χ1) is 35.0. The highest BCUT2D eigenvalue weighted by Crippen LogP contribution is 2.14. The highest BCUT2D eigenvalue weighted by molar-refractivity contribution is 5.71. The fraction of sp³-hybridized carbons (Fsp3) is 0.677. The van der Waals surface area contributed by atoms with Gasteiger partial charge in [0.2, 0.25) is 0 Å². The number of hydrogen-bond donors (Lipinski definition) is 0. The van der Waals surface area contributed by atoms with Gasteiger partial charge in [0.1, 0.15) is 13.2 Å². The summed E-state index contributed by atoms with van der Waals surface area (Å²) in [6.07, 6.45) is 79.4. The molecule has 6 nitrogen and oxygen atoms in total. The summed E-state index contributed by atoms with van der Waals surface area (Å²) >= 11 is 0. The second-order valence-corrected chi connectivity index (χ2v) is 19.2. The highest BCUT2D eigenvalue weighted by atomic mass is 16.6. The Morgan fingerprint density at radius 1 is 0.296 bits per heavy atom. The lowest BCUT2D eigenvalue weighted by Gasteiger charge is -2.18. The first-order valence-electron chi connectivity index (χ1n) is 29.4. The van der Waals surface area contributed by atoms with Crippen LogP contribution in [0, 0.1) is 0 Å². The fourth-order valence-corrected chi connectivity index (χ4v) is 7.81. The van der Waals surface area contributed by atoms with Crippen LogP contribution in [0.2, 0.25) is 0 Å². The van der Waals surface area contributed by atoms with Crippen LogP contribution in [0.3, 0.4) is 0 Å². The van der Waals surface area contributed by atoms with E-state index in [0.717, 1.165) is 128 Å². The predicted octanol–water partition coefficient (Wildman–Crippen LogP) is 19.9. The minimum Gasteiger partial charge on any atom is -0.462 e. The molecule has 0 bridgehead atoms. The second kappa shape index (κ2) is 58.6. The van der Waals surface area contributed by atoms with Gasteiger partial charge in [0, 0.05) is 19.3 Å². The van der Waals surface area contributed by atoms with Crippen molar-refractivity contribution < 1.29 is 28.6 Å². The quantitative estimate of drug-likeness (QED) is 0.0261. The third kappa shape index (κ3) is 56.9. The smallest absolute Gasteiger partial charge is 0.306 e. The zero-order valence-corrected chi connectivity index (χ0v) is 46.2. The van der Waals surface area contributed by atoms with Gasteiger partial charge in [0.15, 0.2) is 6.10 Å². The van der Waals surface area contributed by atoms with E-state index >= 15 is 0 Å². The summed E-state index contributed by atoms with van der Waals surface area (Å²) in [7, 11) is 0. The molecule has 0 aromatic carbocycles.